The predicted molar refractivity (Wildman–Crippen MR) is 128 cm³/mol. The van der Waals surface area contributed by atoms with Gasteiger partial charge in [0.1, 0.15) is 5.82 Å². The maximum absolute atomic E-state index is 12.3. The van der Waals surface area contributed by atoms with Gasteiger partial charge in [0, 0.05) is 5.56 Å². The van der Waals surface area contributed by atoms with Crippen LogP contribution in [-0.2, 0) is 11.2 Å². The van der Waals surface area contributed by atoms with E-state index < -0.39 is 0 Å². The number of aromatic nitrogens is 2. The monoisotopic (exact) mass is 441 g/mol. The number of ketones is 2. The van der Waals surface area contributed by atoms with Crippen molar-refractivity contribution in [1.82, 2.24) is 14.9 Å². The number of carbonyl (C=O) groups excluding carboxylic acids is 2. The lowest BCUT2D eigenvalue weighted by Crippen LogP contribution is -2.20. The third-order valence-electron chi connectivity index (χ3n) is 5.85. The highest BCUT2D eigenvalue weighted by molar-refractivity contribution is 6.40. The van der Waals surface area contributed by atoms with Crippen LogP contribution in [0.25, 0.3) is 16.6 Å². The summed E-state index contributed by atoms with van der Waals surface area (Å²) in [5.41, 5.74) is 3.57. The minimum atomic E-state index is -0.160. The Kier molecular flexibility index (Phi) is 8.22. The summed E-state index contributed by atoms with van der Waals surface area (Å²) in [4.78, 5) is 34.8. The summed E-state index contributed by atoms with van der Waals surface area (Å²) < 4.78 is 0. The average molecular weight is 442 g/mol. The van der Waals surface area contributed by atoms with E-state index in [0.29, 0.717) is 16.4 Å². The normalized spacial score (nSPS) is 15.7. The number of likely N-dealkylation sites (tertiary alicyclic amines) is 1. The number of imidazole rings is 1. The molecule has 0 atom stereocenters. The number of hydrogen-bond acceptors (Lipinski definition) is 4. The number of unbranched alkanes of at least 4 members (excludes halogenated alkanes) is 2. The molecule has 31 heavy (non-hydrogen) atoms. The van der Waals surface area contributed by atoms with Gasteiger partial charge in [0.15, 0.2) is 11.6 Å². The molecule has 0 saturated carbocycles. The first-order valence-electron chi connectivity index (χ1n) is 11.2. The Morgan fingerprint density at radius 3 is 2.55 bits per heavy atom. The molecule has 0 amide bonds. The summed E-state index contributed by atoms with van der Waals surface area (Å²) in [5, 5.41) is 0.346. The maximum atomic E-state index is 12.3. The Balaban J connectivity index is 1.79. The minimum Gasteiger partial charge on any atom is -0.338 e. The number of rotatable bonds is 10. The molecule has 0 aliphatic carbocycles. The van der Waals surface area contributed by atoms with Crippen molar-refractivity contribution in [3.8, 4) is 0 Å². The van der Waals surface area contributed by atoms with Gasteiger partial charge >= 0.3 is 0 Å². The summed E-state index contributed by atoms with van der Waals surface area (Å²) in [6.07, 6.45) is 10.4. The Bertz CT molecular complexity index is 1010. The van der Waals surface area contributed by atoms with E-state index >= 15 is 0 Å². The molecule has 0 bridgehead atoms. The van der Waals surface area contributed by atoms with Crippen molar-refractivity contribution in [3.05, 3.63) is 46.3 Å². The average Bonchev–Trinajstić information content (AvgIpc) is 3.36. The fourth-order valence-corrected chi connectivity index (χ4v) is 4.61. The zero-order valence-corrected chi connectivity index (χ0v) is 19.5. The zero-order chi connectivity index (χ0) is 22.4. The Hall–Kier alpha value is -2.24. The Labute approximate surface area is 189 Å². The van der Waals surface area contributed by atoms with E-state index in [9.17, 15) is 9.59 Å². The highest BCUT2D eigenvalue weighted by atomic mass is 35.5. The fraction of sp³-hybridized carbons (Fsp3) is 0.480. The number of fused-ring (bicyclic) bond motifs is 1. The first-order chi connectivity index (χ1) is 14.9. The Morgan fingerprint density at radius 2 is 1.90 bits per heavy atom. The molecule has 3 rings (SSSR count). The van der Waals surface area contributed by atoms with Gasteiger partial charge in [-0.2, -0.15) is 0 Å². The molecule has 0 radical (unpaired) electrons. The van der Waals surface area contributed by atoms with Gasteiger partial charge in [-0.15, -0.1) is 0 Å². The smallest absolute Gasteiger partial charge is 0.165 e. The quantitative estimate of drug-likeness (QED) is 0.222. The lowest BCUT2D eigenvalue weighted by atomic mass is 9.98. The number of halogens is 1. The molecule has 1 N–H and O–H groups in total. The van der Waals surface area contributed by atoms with E-state index in [1.165, 1.54) is 45.8 Å². The lowest BCUT2D eigenvalue weighted by molar-refractivity contribution is -0.111. The number of nitrogens with zero attached hydrogens (tertiary/aromatic N) is 2. The van der Waals surface area contributed by atoms with Crippen LogP contribution in [0.5, 0.6) is 0 Å². The van der Waals surface area contributed by atoms with Crippen LogP contribution in [0.2, 0.25) is 0 Å². The van der Waals surface area contributed by atoms with Gasteiger partial charge < -0.3 is 9.88 Å². The van der Waals surface area contributed by atoms with Crippen molar-refractivity contribution in [2.24, 2.45) is 0 Å². The third-order valence-corrected chi connectivity index (χ3v) is 6.16. The van der Waals surface area contributed by atoms with E-state index in [4.69, 9.17) is 11.6 Å². The lowest BCUT2D eigenvalue weighted by Gasteiger charge is -2.14. The number of aromatic amines is 1. The highest BCUT2D eigenvalue weighted by Crippen LogP contribution is 2.27. The van der Waals surface area contributed by atoms with Gasteiger partial charge in [-0.25, -0.2) is 4.98 Å². The summed E-state index contributed by atoms with van der Waals surface area (Å²) in [6, 6.07) is 3.84. The molecule has 6 heteroatoms. The minimum absolute atomic E-state index is 0.0411. The van der Waals surface area contributed by atoms with Crippen LogP contribution in [0.3, 0.4) is 0 Å². The molecule has 5 nitrogen and oxygen atoms in total. The van der Waals surface area contributed by atoms with Crippen molar-refractivity contribution in [1.29, 1.82) is 0 Å². The van der Waals surface area contributed by atoms with Crippen LogP contribution in [-0.4, -0.2) is 46.1 Å². The van der Waals surface area contributed by atoms with Crippen LogP contribution in [0.1, 0.15) is 74.6 Å². The van der Waals surface area contributed by atoms with Crippen molar-refractivity contribution < 1.29 is 9.59 Å². The van der Waals surface area contributed by atoms with Crippen LogP contribution < -0.4 is 0 Å². The number of nitrogens with one attached hydrogen (secondary N) is 1. The number of allylic oxidation sites excluding steroid dienone is 4. The number of H-pyrrole nitrogens is 1. The summed E-state index contributed by atoms with van der Waals surface area (Å²) in [6.45, 7) is 8.56. The number of carbonyl (C=O) groups is 2. The van der Waals surface area contributed by atoms with Gasteiger partial charge in [0.2, 0.25) is 0 Å². The molecule has 1 saturated heterocycles. The van der Waals surface area contributed by atoms with Crippen molar-refractivity contribution in [2.75, 3.05) is 19.6 Å². The largest absolute Gasteiger partial charge is 0.338 e. The number of benzene rings is 1. The third kappa shape index (κ3) is 5.92. The summed E-state index contributed by atoms with van der Waals surface area (Å²) >= 11 is 6.32. The second-order valence-corrected chi connectivity index (χ2v) is 8.71. The molecule has 2 heterocycles. The predicted octanol–water partition coefficient (Wildman–Crippen LogP) is 5.69. The van der Waals surface area contributed by atoms with Gasteiger partial charge in [-0.3, -0.25) is 9.59 Å². The molecule has 1 aliphatic heterocycles. The summed E-state index contributed by atoms with van der Waals surface area (Å²) in [5.74, 6) is 0.314. The van der Waals surface area contributed by atoms with Gasteiger partial charge in [-0.1, -0.05) is 24.1 Å². The molecule has 0 spiro atoms. The van der Waals surface area contributed by atoms with Crippen molar-refractivity contribution >= 4 is 39.8 Å². The molecule has 2 aromatic rings. The fourth-order valence-electron chi connectivity index (χ4n) is 4.26. The topological polar surface area (TPSA) is 66.1 Å². The zero-order valence-electron chi connectivity index (χ0n) is 18.8. The first kappa shape index (κ1) is 23.4. The molecule has 1 aromatic carbocycles. The first-order valence-corrected chi connectivity index (χ1v) is 11.6. The van der Waals surface area contributed by atoms with Crippen molar-refractivity contribution in [3.63, 3.8) is 0 Å². The van der Waals surface area contributed by atoms with Crippen LogP contribution >= 0.6 is 11.6 Å². The Morgan fingerprint density at radius 1 is 1.16 bits per heavy atom. The van der Waals surface area contributed by atoms with E-state index in [1.54, 1.807) is 19.1 Å². The SMILES string of the molecule is C/C=C\C(Cl)=C(/C(C)=O)c1nc2cc(CCCCCN3CCCC3)c(C(C)=O)cc2[nH]1. The van der Waals surface area contributed by atoms with Gasteiger partial charge in [0.05, 0.1) is 21.6 Å². The number of hydrogen-bond donors (Lipinski definition) is 1. The number of Topliss-reactive ketones (excluding diaryl/α,β-unsaturated/α-hetero) is 2. The van der Waals surface area contributed by atoms with E-state index in [0.717, 1.165) is 41.4 Å². The van der Waals surface area contributed by atoms with Crippen LogP contribution in [0.15, 0.2) is 29.3 Å². The summed E-state index contributed by atoms with van der Waals surface area (Å²) in [7, 11) is 0. The van der Waals surface area contributed by atoms with Crippen LogP contribution in [0, 0.1) is 0 Å². The van der Waals surface area contributed by atoms with Gasteiger partial charge in [-0.05, 0) is 96.3 Å². The number of aryl methyl sites for hydroxylation is 1. The second kappa shape index (κ2) is 10.9. The van der Waals surface area contributed by atoms with E-state index in [1.807, 2.05) is 19.1 Å². The highest BCUT2D eigenvalue weighted by Gasteiger charge is 2.18. The maximum Gasteiger partial charge on any atom is 0.165 e. The van der Waals surface area contributed by atoms with Gasteiger partial charge in [0.25, 0.3) is 0 Å². The van der Waals surface area contributed by atoms with E-state index in [-0.39, 0.29) is 11.6 Å². The molecule has 166 valence electrons. The van der Waals surface area contributed by atoms with Crippen molar-refractivity contribution in [2.45, 2.75) is 59.3 Å². The molecule has 1 aromatic heterocycles. The second-order valence-electron chi connectivity index (χ2n) is 8.31. The molecular weight excluding hydrogens is 410 g/mol. The standard InChI is InChI=1S/C25H32ClN3O2/c1-4-10-21(26)24(18(3)31)25-27-22-15-19(20(17(2)30)16-23(22)28-25)11-6-5-7-12-29-13-8-9-14-29/h4,10,15-16H,5-9,11-14H2,1-3H3,(H,27,28)/b10-4-,24-21-. The van der Waals surface area contributed by atoms with E-state index in [2.05, 4.69) is 14.9 Å². The molecule has 1 fully saturated rings. The molecule has 1 aliphatic rings. The molecule has 0 unspecified atom stereocenters. The molecular formula is C25H32ClN3O2. The van der Waals surface area contributed by atoms with Crippen LogP contribution in [0.4, 0.5) is 0 Å².